The summed E-state index contributed by atoms with van der Waals surface area (Å²) in [5.41, 5.74) is 5.81. The molecule has 49 heavy (non-hydrogen) atoms. The Hall–Kier alpha value is -4.01. The summed E-state index contributed by atoms with van der Waals surface area (Å²) in [5, 5.41) is 0. The van der Waals surface area contributed by atoms with E-state index in [2.05, 4.69) is 47.6 Å². The lowest BCUT2D eigenvalue weighted by molar-refractivity contribution is -0.0171. The lowest BCUT2D eigenvalue weighted by Crippen LogP contribution is -2.48. The topological polar surface area (TPSA) is 107 Å². The van der Waals surface area contributed by atoms with Gasteiger partial charge in [-0.3, -0.25) is 0 Å². The van der Waals surface area contributed by atoms with E-state index < -0.39 is 18.5 Å². The standard InChI is InChI=1S/C14H20O3.C13H20O3.C13H18O3/c1-9(2)12-7-6-11(5)8-13(12)17-14(15)16-10(3)4;1-4-15-12(14)16-8-9-5-6-10-7-11(9)13(10,2)3;1-5-15-13(14)16-12-8-11(9(2)3)7-6-10(12)4/h6-10H,1-5H3;5,10-11H,4,6-8H2,1-3H3;6-9H,5H2,1-4H3. The molecule has 1 saturated carbocycles. The van der Waals surface area contributed by atoms with Crippen molar-refractivity contribution >= 4 is 18.5 Å². The van der Waals surface area contributed by atoms with Gasteiger partial charge in [0.25, 0.3) is 0 Å². The molecular formula is C40H58O9. The normalized spacial score (nSPS) is 16.9. The van der Waals surface area contributed by atoms with E-state index in [0.29, 0.717) is 54.5 Å². The van der Waals surface area contributed by atoms with E-state index in [1.807, 2.05) is 50.2 Å². The van der Waals surface area contributed by atoms with Crippen molar-refractivity contribution in [1.82, 2.24) is 0 Å². The maximum atomic E-state index is 11.5. The average molecular weight is 683 g/mol. The summed E-state index contributed by atoms with van der Waals surface area (Å²) < 4.78 is 29.9. The molecular weight excluding hydrogens is 624 g/mol. The van der Waals surface area contributed by atoms with E-state index in [0.717, 1.165) is 34.6 Å². The Morgan fingerprint density at radius 1 is 0.776 bits per heavy atom. The molecule has 2 unspecified atom stereocenters. The molecule has 0 radical (unpaired) electrons. The van der Waals surface area contributed by atoms with Crippen LogP contribution in [0.4, 0.5) is 14.4 Å². The van der Waals surface area contributed by atoms with Crippen LogP contribution in [0.2, 0.25) is 0 Å². The Balaban J connectivity index is 0.000000255. The van der Waals surface area contributed by atoms with E-state index in [-0.39, 0.29) is 6.10 Å². The molecule has 0 aromatic heterocycles. The molecule has 5 rings (SSSR count). The van der Waals surface area contributed by atoms with Crippen LogP contribution in [0.25, 0.3) is 0 Å². The van der Waals surface area contributed by atoms with Crippen molar-refractivity contribution < 1.29 is 42.8 Å². The SMILES string of the molecule is CCOC(=O)OCC1=CCC2CC1C2(C)C.CCOC(=O)Oc1cc(C(C)C)ccc1C.Cc1ccc(C(C)C)c(OC(=O)OC(C)C)c1. The fraction of sp³-hybridized carbons (Fsp3) is 0.575. The first-order valence-corrected chi connectivity index (χ1v) is 17.4. The molecule has 2 atom stereocenters. The van der Waals surface area contributed by atoms with Gasteiger partial charge in [0.2, 0.25) is 0 Å². The Morgan fingerprint density at radius 3 is 1.96 bits per heavy atom. The summed E-state index contributed by atoms with van der Waals surface area (Å²) in [4.78, 5) is 33.8. The number of allylic oxidation sites excluding steroid dienone is 1. The van der Waals surface area contributed by atoms with Gasteiger partial charge in [0.05, 0.1) is 19.3 Å². The number of hydrogen-bond acceptors (Lipinski definition) is 9. The summed E-state index contributed by atoms with van der Waals surface area (Å²) in [6, 6.07) is 11.7. The summed E-state index contributed by atoms with van der Waals surface area (Å²) >= 11 is 0. The van der Waals surface area contributed by atoms with Crippen molar-refractivity contribution in [1.29, 1.82) is 0 Å². The minimum atomic E-state index is -0.647. The highest BCUT2D eigenvalue weighted by Crippen LogP contribution is 2.59. The van der Waals surface area contributed by atoms with Crippen molar-refractivity contribution in [3.05, 3.63) is 70.3 Å². The van der Waals surface area contributed by atoms with Gasteiger partial charge in [-0.2, -0.15) is 0 Å². The lowest BCUT2D eigenvalue weighted by atomic mass is 9.49. The molecule has 0 spiro atoms. The molecule has 9 heteroatoms. The minimum absolute atomic E-state index is 0.171. The zero-order chi connectivity index (χ0) is 36.9. The highest BCUT2D eigenvalue weighted by Gasteiger charge is 2.51. The first kappa shape index (κ1) is 41.2. The zero-order valence-corrected chi connectivity index (χ0v) is 31.6. The molecule has 0 heterocycles. The predicted molar refractivity (Wildman–Crippen MR) is 191 cm³/mol. The van der Waals surface area contributed by atoms with E-state index in [4.69, 9.17) is 28.4 Å². The quantitative estimate of drug-likeness (QED) is 0.110. The number of aryl methyl sites for hydroxylation is 2. The second kappa shape index (κ2) is 19.2. The highest BCUT2D eigenvalue weighted by molar-refractivity contribution is 5.65. The largest absolute Gasteiger partial charge is 0.514 e. The Labute approximate surface area is 293 Å². The molecule has 2 aromatic carbocycles. The monoisotopic (exact) mass is 682 g/mol. The fourth-order valence-corrected chi connectivity index (χ4v) is 5.78. The first-order chi connectivity index (χ1) is 23.0. The van der Waals surface area contributed by atoms with Gasteiger partial charge in [-0.1, -0.05) is 71.9 Å². The highest BCUT2D eigenvalue weighted by atomic mass is 16.7. The van der Waals surface area contributed by atoms with Crippen LogP contribution >= 0.6 is 0 Å². The predicted octanol–water partition coefficient (Wildman–Crippen LogP) is 10.8. The summed E-state index contributed by atoms with van der Waals surface area (Å²) in [6.45, 7) is 25.0. The van der Waals surface area contributed by atoms with E-state index >= 15 is 0 Å². The maximum absolute atomic E-state index is 11.5. The van der Waals surface area contributed by atoms with Gasteiger partial charge in [-0.25, -0.2) is 14.4 Å². The van der Waals surface area contributed by atoms with Crippen LogP contribution in [0.5, 0.6) is 11.5 Å². The number of hydrogen-bond donors (Lipinski definition) is 0. The molecule has 3 aliphatic carbocycles. The van der Waals surface area contributed by atoms with Crippen LogP contribution in [0.1, 0.15) is 116 Å². The van der Waals surface area contributed by atoms with Crippen LogP contribution in [-0.2, 0) is 18.9 Å². The van der Waals surface area contributed by atoms with Crippen molar-refractivity contribution in [2.24, 2.45) is 17.3 Å². The molecule has 3 aliphatic rings. The van der Waals surface area contributed by atoms with Crippen molar-refractivity contribution in [3.63, 3.8) is 0 Å². The molecule has 9 nitrogen and oxygen atoms in total. The minimum Gasteiger partial charge on any atom is -0.435 e. The van der Waals surface area contributed by atoms with Gasteiger partial charge in [-0.05, 0) is 123 Å². The van der Waals surface area contributed by atoms with Crippen LogP contribution < -0.4 is 9.47 Å². The number of fused-ring (bicyclic) bond motifs is 1. The van der Waals surface area contributed by atoms with E-state index in [1.165, 1.54) is 12.0 Å². The summed E-state index contributed by atoms with van der Waals surface area (Å²) in [5.74, 6) is 3.29. The van der Waals surface area contributed by atoms with Gasteiger partial charge >= 0.3 is 18.5 Å². The van der Waals surface area contributed by atoms with E-state index in [1.54, 1.807) is 27.7 Å². The Kier molecular flexibility index (Phi) is 16.2. The number of carbonyl (C=O) groups excluding carboxylic acids is 3. The molecule has 1 fully saturated rings. The van der Waals surface area contributed by atoms with Gasteiger partial charge in [0.1, 0.15) is 18.1 Å². The summed E-state index contributed by atoms with van der Waals surface area (Å²) in [7, 11) is 0. The number of carbonyl (C=O) groups is 3. The van der Waals surface area contributed by atoms with Gasteiger partial charge in [0, 0.05) is 0 Å². The average Bonchev–Trinajstić information content (AvgIpc) is 3.01. The van der Waals surface area contributed by atoms with E-state index in [9.17, 15) is 14.4 Å². The van der Waals surface area contributed by atoms with Crippen molar-refractivity contribution in [3.8, 4) is 11.5 Å². The molecule has 0 saturated heterocycles. The van der Waals surface area contributed by atoms with Crippen molar-refractivity contribution in [2.45, 2.75) is 114 Å². The second-order valence-corrected chi connectivity index (χ2v) is 14.0. The Morgan fingerprint density at radius 2 is 1.41 bits per heavy atom. The smallest absolute Gasteiger partial charge is 0.435 e. The van der Waals surface area contributed by atoms with Gasteiger partial charge in [-0.15, -0.1) is 0 Å². The lowest BCUT2D eigenvalue weighted by Gasteiger charge is -2.56. The van der Waals surface area contributed by atoms with Crippen LogP contribution in [-0.4, -0.2) is 44.4 Å². The van der Waals surface area contributed by atoms with Crippen LogP contribution in [0, 0.1) is 31.1 Å². The molecule has 2 bridgehead atoms. The first-order valence-electron chi connectivity index (χ1n) is 17.4. The zero-order valence-electron chi connectivity index (χ0n) is 31.6. The fourth-order valence-electron chi connectivity index (χ4n) is 5.78. The third-order valence-corrected chi connectivity index (χ3v) is 8.85. The third-order valence-electron chi connectivity index (χ3n) is 8.85. The molecule has 0 N–H and O–H groups in total. The van der Waals surface area contributed by atoms with Crippen molar-refractivity contribution in [2.75, 3.05) is 19.8 Å². The van der Waals surface area contributed by atoms with Gasteiger partial charge in [0.15, 0.2) is 0 Å². The van der Waals surface area contributed by atoms with Crippen LogP contribution in [0.15, 0.2) is 48.0 Å². The number of benzene rings is 2. The molecule has 0 aliphatic heterocycles. The van der Waals surface area contributed by atoms with Crippen LogP contribution in [0.3, 0.4) is 0 Å². The Bertz CT molecular complexity index is 1420. The number of rotatable bonds is 9. The maximum Gasteiger partial charge on any atom is 0.514 e. The second-order valence-electron chi connectivity index (χ2n) is 14.0. The van der Waals surface area contributed by atoms with Gasteiger partial charge < -0.3 is 28.4 Å². The molecule has 272 valence electrons. The number of ether oxygens (including phenoxy) is 6. The molecule has 2 aromatic rings. The molecule has 0 amide bonds. The third kappa shape index (κ3) is 12.8. The summed E-state index contributed by atoms with van der Waals surface area (Å²) in [6.07, 6.45) is 2.61.